The predicted molar refractivity (Wildman–Crippen MR) is 71.6 cm³/mol. The van der Waals surface area contributed by atoms with Gasteiger partial charge in [0.05, 0.1) is 6.04 Å². The van der Waals surface area contributed by atoms with Crippen molar-refractivity contribution in [3.05, 3.63) is 35.9 Å². The monoisotopic (exact) mass is 268 g/mol. The van der Waals surface area contributed by atoms with Gasteiger partial charge in [0.1, 0.15) is 0 Å². The molecule has 0 saturated carbocycles. The molecule has 1 aromatic rings. The van der Waals surface area contributed by atoms with E-state index in [1.165, 1.54) is 5.56 Å². The van der Waals surface area contributed by atoms with E-state index in [9.17, 15) is 9.59 Å². The van der Waals surface area contributed by atoms with Crippen molar-refractivity contribution in [2.45, 2.75) is 25.3 Å². The molecule has 0 radical (unpaired) electrons. The van der Waals surface area contributed by atoms with Gasteiger partial charge in [-0.25, -0.2) is 0 Å². The Morgan fingerprint density at radius 1 is 1.22 bits per heavy atom. The summed E-state index contributed by atoms with van der Waals surface area (Å²) in [6, 6.07) is 9.88. The Bertz CT molecular complexity index is 409. The summed E-state index contributed by atoms with van der Waals surface area (Å²) in [5.41, 5.74) is 1.24. The average Bonchev–Trinajstić information content (AvgIpc) is 2.33. The molecule has 2 amide bonds. The third kappa shape index (κ3) is 4.13. The van der Waals surface area contributed by atoms with Crippen LogP contribution < -0.4 is 10.6 Å². The molecule has 2 rings (SSSR count). The Hall–Kier alpha value is -1.39. The number of imide groups is 1. The van der Waals surface area contributed by atoms with Crippen LogP contribution in [0.3, 0.4) is 0 Å². The highest BCUT2D eigenvalue weighted by atomic mass is 35.5. The summed E-state index contributed by atoms with van der Waals surface area (Å²) in [5, 5.41) is 5.51. The van der Waals surface area contributed by atoms with Crippen LogP contribution in [0, 0.1) is 0 Å². The number of piperidine rings is 1. The standard InChI is InChI=1S/C13H16N2O2.ClH/c16-12-7-6-11(13(17)15-12)14-9-8-10-4-2-1-3-5-10;/h1-5,11,14H,6-9H2,(H,15,16,17);1H. The van der Waals surface area contributed by atoms with Gasteiger partial charge >= 0.3 is 0 Å². The molecule has 0 spiro atoms. The summed E-state index contributed by atoms with van der Waals surface area (Å²) in [6.07, 6.45) is 1.91. The minimum Gasteiger partial charge on any atom is -0.306 e. The third-order valence-corrected chi connectivity index (χ3v) is 2.89. The van der Waals surface area contributed by atoms with E-state index in [2.05, 4.69) is 22.8 Å². The molecule has 1 aliphatic heterocycles. The van der Waals surface area contributed by atoms with Gasteiger partial charge in [-0.2, -0.15) is 0 Å². The van der Waals surface area contributed by atoms with Crippen LogP contribution in [-0.2, 0) is 16.0 Å². The Kier molecular flexibility index (Phi) is 5.82. The zero-order valence-corrected chi connectivity index (χ0v) is 10.8. The molecule has 1 aromatic carbocycles. The van der Waals surface area contributed by atoms with Crippen molar-refractivity contribution in [3.8, 4) is 0 Å². The topological polar surface area (TPSA) is 58.2 Å². The van der Waals surface area contributed by atoms with Crippen molar-refractivity contribution in [1.82, 2.24) is 10.6 Å². The van der Waals surface area contributed by atoms with Crippen LogP contribution in [0.1, 0.15) is 18.4 Å². The van der Waals surface area contributed by atoms with Gasteiger partial charge in [0.15, 0.2) is 0 Å². The number of hydrogen-bond donors (Lipinski definition) is 2. The summed E-state index contributed by atoms with van der Waals surface area (Å²) in [6.45, 7) is 0.746. The lowest BCUT2D eigenvalue weighted by molar-refractivity contribution is -0.134. The van der Waals surface area contributed by atoms with E-state index >= 15 is 0 Å². The number of benzene rings is 1. The normalized spacial score (nSPS) is 19.0. The SMILES string of the molecule is Cl.O=C1CCC(NCCc2ccccc2)C(=O)N1. The first-order valence-electron chi connectivity index (χ1n) is 5.87. The maximum Gasteiger partial charge on any atom is 0.243 e. The zero-order valence-electron chi connectivity index (χ0n) is 10.0. The molecule has 1 saturated heterocycles. The molecule has 1 fully saturated rings. The molecule has 2 N–H and O–H groups in total. The van der Waals surface area contributed by atoms with Gasteiger partial charge in [-0.05, 0) is 24.9 Å². The second-order valence-corrected chi connectivity index (χ2v) is 4.19. The van der Waals surface area contributed by atoms with Crippen LogP contribution in [0.25, 0.3) is 0 Å². The van der Waals surface area contributed by atoms with Crippen molar-refractivity contribution < 1.29 is 9.59 Å². The number of amides is 2. The maximum absolute atomic E-state index is 11.5. The molecule has 18 heavy (non-hydrogen) atoms. The molecular formula is C13H17ClN2O2. The minimum atomic E-state index is -0.226. The molecule has 1 aliphatic rings. The molecule has 1 unspecified atom stereocenters. The highest BCUT2D eigenvalue weighted by molar-refractivity contribution is 6.00. The quantitative estimate of drug-likeness (QED) is 0.803. The number of rotatable bonds is 4. The number of nitrogens with one attached hydrogen (secondary N) is 2. The lowest BCUT2D eigenvalue weighted by Crippen LogP contribution is -2.51. The van der Waals surface area contributed by atoms with E-state index < -0.39 is 0 Å². The lowest BCUT2D eigenvalue weighted by atomic mass is 10.1. The second-order valence-electron chi connectivity index (χ2n) is 4.19. The van der Waals surface area contributed by atoms with Crippen molar-refractivity contribution >= 4 is 24.2 Å². The summed E-state index contributed by atoms with van der Waals surface area (Å²) in [5.74, 6) is -0.370. The van der Waals surface area contributed by atoms with Gasteiger partial charge in [-0.15, -0.1) is 12.4 Å². The Morgan fingerprint density at radius 2 is 1.94 bits per heavy atom. The van der Waals surface area contributed by atoms with E-state index in [0.717, 1.165) is 13.0 Å². The number of halogens is 1. The van der Waals surface area contributed by atoms with Gasteiger partial charge in [0.2, 0.25) is 11.8 Å². The molecule has 1 heterocycles. The minimum absolute atomic E-state index is 0. The zero-order chi connectivity index (χ0) is 12.1. The van der Waals surface area contributed by atoms with Crippen molar-refractivity contribution in [2.24, 2.45) is 0 Å². The fourth-order valence-electron chi connectivity index (χ4n) is 1.92. The van der Waals surface area contributed by atoms with Crippen molar-refractivity contribution in [2.75, 3.05) is 6.54 Å². The van der Waals surface area contributed by atoms with Crippen LogP contribution in [0.5, 0.6) is 0 Å². The van der Waals surface area contributed by atoms with E-state index in [-0.39, 0.29) is 30.3 Å². The van der Waals surface area contributed by atoms with Gasteiger partial charge < -0.3 is 5.32 Å². The van der Waals surface area contributed by atoms with Gasteiger partial charge in [-0.1, -0.05) is 30.3 Å². The van der Waals surface area contributed by atoms with E-state index in [1.807, 2.05) is 18.2 Å². The molecule has 4 nitrogen and oxygen atoms in total. The van der Waals surface area contributed by atoms with Gasteiger partial charge in [-0.3, -0.25) is 14.9 Å². The van der Waals surface area contributed by atoms with Gasteiger partial charge in [0.25, 0.3) is 0 Å². The fourth-order valence-corrected chi connectivity index (χ4v) is 1.92. The lowest BCUT2D eigenvalue weighted by Gasteiger charge is -2.21. The average molecular weight is 269 g/mol. The summed E-state index contributed by atoms with van der Waals surface area (Å²) >= 11 is 0. The molecule has 5 heteroatoms. The molecule has 0 aliphatic carbocycles. The molecule has 0 aromatic heterocycles. The first kappa shape index (κ1) is 14.7. The second kappa shape index (κ2) is 7.13. The van der Waals surface area contributed by atoms with E-state index in [0.29, 0.717) is 12.8 Å². The van der Waals surface area contributed by atoms with Gasteiger partial charge in [0, 0.05) is 6.42 Å². The summed E-state index contributed by atoms with van der Waals surface area (Å²) < 4.78 is 0. The molecule has 98 valence electrons. The van der Waals surface area contributed by atoms with E-state index in [4.69, 9.17) is 0 Å². The Morgan fingerprint density at radius 3 is 2.61 bits per heavy atom. The summed E-state index contributed by atoms with van der Waals surface area (Å²) in [7, 11) is 0. The predicted octanol–water partition coefficient (Wildman–Crippen LogP) is 1.05. The Labute approximate surface area is 113 Å². The first-order chi connectivity index (χ1) is 8.25. The molecule has 1 atom stereocenters. The summed E-state index contributed by atoms with van der Waals surface area (Å²) in [4.78, 5) is 22.4. The number of carbonyl (C=O) groups is 2. The molecule has 0 bridgehead atoms. The van der Waals surface area contributed by atoms with Crippen LogP contribution in [0.15, 0.2) is 30.3 Å². The smallest absolute Gasteiger partial charge is 0.243 e. The number of hydrogen-bond acceptors (Lipinski definition) is 3. The maximum atomic E-state index is 11.5. The Balaban J connectivity index is 0.00000162. The van der Waals surface area contributed by atoms with Crippen LogP contribution >= 0.6 is 12.4 Å². The molecular weight excluding hydrogens is 252 g/mol. The highest BCUT2D eigenvalue weighted by Crippen LogP contribution is 2.05. The fraction of sp³-hybridized carbons (Fsp3) is 0.385. The van der Waals surface area contributed by atoms with E-state index in [1.54, 1.807) is 0 Å². The van der Waals surface area contributed by atoms with Crippen molar-refractivity contribution in [1.29, 1.82) is 0 Å². The van der Waals surface area contributed by atoms with Crippen LogP contribution in [-0.4, -0.2) is 24.4 Å². The van der Waals surface area contributed by atoms with Crippen LogP contribution in [0.4, 0.5) is 0 Å². The van der Waals surface area contributed by atoms with Crippen LogP contribution in [0.2, 0.25) is 0 Å². The van der Waals surface area contributed by atoms with Crippen molar-refractivity contribution in [3.63, 3.8) is 0 Å². The number of carbonyl (C=O) groups excluding carboxylic acids is 2. The highest BCUT2D eigenvalue weighted by Gasteiger charge is 2.25. The third-order valence-electron chi connectivity index (χ3n) is 2.89. The first-order valence-corrected chi connectivity index (χ1v) is 5.87. The largest absolute Gasteiger partial charge is 0.306 e.